The van der Waals surface area contributed by atoms with E-state index in [1.165, 1.54) is 0 Å². The molecule has 86 valence electrons. The summed E-state index contributed by atoms with van der Waals surface area (Å²) in [4.78, 5) is 23.6. The molecule has 0 aliphatic carbocycles. The molecule has 1 rings (SSSR count). The normalized spacial score (nSPS) is 11.1. The van der Waals surface area contributed by atoms with E-state index in [1.807, 2.05) is 18.2 Å². The van der Waals surface area contributed by atoms with Gasteiger partial charge in [-0.1, -0.05) is 36.9 Å². The van der Waals surface area contributed by atoms with E-state index in [2.05, 4.69) is 0 Å². The summed E-state index contributed by atoms with van der Waals surface area (Å²) in [5.74, 6) is -1.40. The van der Waals surface area contributed by atoms with E-state index in [-0.39, 0.29) is 6.42 Å². The second-order valence-corrected chi connectivity index (χ2v) is 4.70. The van der Waals surface area contributed by atoms with Crippen LogP contribution in [-0.2, 0) is 9.59 Å². The first-order valence-electron chi connectivity index (χ1n) is 4.87. The maximum atomic E-state index is 11.4. The Labute approximate surface area is 98.4 Å². The van der Waals surface area contributed by atoms with Gasteiger partial charge in [0.25, 0.3) is 0 Å². The molecule has 4 N–H and O–H groups in total. The smallest absolute Gasteiger partial charge is 0.243 e. The number of carbonyl (C=O) groups is 2. The van der Waals surface area contributed by atoms with Gasteiger partial charge in [-0.15, -0.1) is 0 Å². The first kappa shape index (κ1) is 12.6. The zero-order valence-electron chi connectivity index (χ0n) is 8.97. The molecule has 0 radical (unpaired) electrons. The van der Waals surface area contributed by atoms with Crippen molar-refractivity contribution in [1.29, 1.82) is 0 Å². The van der Waals surface area contributed by atoms with Crippen LogP contribution in [0.25, 0.3) is 0 Å². The Morgan fingerprint density at radius 2 is 1.69 bits per heavy atom. The molecule has 1 aromatic rings. The lowest BCUT2D eigenvalue weighted by Crippen LogP contribution is -2.51. The van der Waals surface area contributed by atoms with Gasteiger partial charge in [0, 0.05) is 4.90 Å². The molecule has 0 unspecified atom stereocenters. The van der Waals surface area contributed by atoms with Gasteiger partial charge in [0.1, 0.15) is 0 Å². The first-order valence-corrected chi connectivity index (χ1v) is 5.68. The number of primary amides is 2. The molecular formula is C11H14N2O2S. The predicted molar refractivity (Wildman–Crippen MR) is 63.7 cm³/mol. The number of carbonyl (C=O) groups excluding carboxylic acids is 2. The van der Waals surface area contributed by atoms with E-state index in [0.29, 0.717) is 0 Å². The molecule has 0 saturated heterocycles. The molecular weight excluding hydrogens is 224 g/mol. The van der Waals surface area contributed by atoms with Crippen molar-refractivity contribution in [2.45, 2.75) is 23.0 Å². The zero-order valence-corrected chi connectivity index (χ0v) is 9.79. The van der Waals surface area contributed by atoms with Crippen LogP contribution in [0.4, 0.5) is 0 Å². The van der Waals surface area contributed by atoms with Gasteiger partial charge in [-0.05, 0) is 18.6 Å². The van der Waals surface area contributed by atoms with Gasteiger partial charge < -0.3 is 11.5 Å². The fourth-order valence-corrected chi connectivity index (χ4v) is 2.37. The van der Waals surface area contributed by atoms with E-state index in [1.54, 1.807) is 19.1 Å². The summed E-state index contributed by atoms with van der Waals surface area (Å²) in [5.41, 5.74) is 10.5. The van der Waals surface area contributed by atoms with Crippen molar-refractivity contribution in [2.75, 3.05) is 0 Å². The van der Waals surface area contributed by atoms with Gasteiger partial charge in [-0.25, -0.2) is 0 Å². The quantitative estimate of drug-likeness (QED) is 0.590. The highest BCUT2D eigenvalue weighted by Gasteiger charge is 2.42. The number of thioether (sulfide) groups is 1. The largest absolute Gasteiger partial charge is 0.368 e. The molecule has 0 spiro atoms. The van der Waals surface area contributed by atoms with Crippen molar-refractivity contribution in [3.63, 3.8) is 0 Å². The standard InChI is InChI=1S/C11H14N2O2S/c1-2-11(9(12)14,10(13)15)16-8-6-4-3-5-7-8/h3-7H,2H2,1H3,(H2,12,14)(H2,13,15). The van der Waals surface area contributed by atoms with E-state index in [4.69, 9.17) is 11.5 Å². The molecule has 4 nitrogen and oxygen atoms in total. The Morgan fingerprint density at radius 3 is 2.06 bits per heavy atom. The lowest BCUT2D eigenvalue weighted by Gasteiger charge is -2.24. The van der Waals surface area contributed by atoms with Crippen LogP contribution in [0.5, 0.6) is 0 Å². The molecule has 0 atom stereocenters. The molecule has 0 heterocycles. The number of hydrogen-bond acceptors (Lipinski definition) is 3. The Hall–Kier alpha value is -1.49. The van der Waals surface area contributed by atoms with Crippen LogP contribution in [0.15, 0.2) is 35.2 Å². The Balaban J connectivity index is 3.04. The van der Waals surface area contributed by atoms with Crippen LogP contribution >= 0.6 is 11.8 Å². The molecule has 2 amide bonds. The van der Waals surface area contributed by atoms with Crippen molar-refractivity contribution in [1.82, 2.24) is 0 Å². The van der Waals surface area contributed by atoms with Gasteiger partial charge in [0.05, 0.1) is 0 Å². The molecule has 0 fully saturated rings. The van der Waals surface area contributed by atoms with Crippen molar-refractivity contribution < 1.29 is 9.59 Å². The summed E-state index contributed by atoms with van der Waals surface area (Å²) in [6, 6.07) is 9.11. The Kier molecular flexibility index (Phi) is 3.95. The predicted octanol–water partition coefficient (Wildman–Crippen LogP) is 0.898. The maximum absolute atomic E-state index is 11.4. The van der Waals surface area contributed by atoms with Crippen LogP contribution < -0.4 is 11.5 Å². The third-order valence-corrected chi connectivity index (χ3v) is 3.88. The number of benzene rings is 1. The minimum atomic E-state index is -1.36. The van der Waals surface area contributed by atoms with E-state index < -0.39 is 16.6 Å². The number of rotatable bonds is 5. The van der Waals surface area contributed by atoms with E-state index in [0.717, 1.165) is 16.7 Å². The highest BCUT2D eigenvalue weighted by atomic mass is 32.2. The lowest BCUT2D eigenvalue weighted by molar-refractivity contribution is -0.129. The number of nitrogens with two attached hydrogens (primary N) is 2. The third-order valence-electron chi connectivity index (χ3n) is 2.33. The molecule has 0 aromatic heterocycles. The minimum Gasteiger partial charge on any atom is -0.368 e. The van der Waals surface area contributed by atoms with E-state index in [9.17, 15) is 9.59 Å². The van der Waals surface area contributed by atoms with Gasteiger partial charge in [0.15, 0.2) is 4.75 Å². The van der Waals surface area contributed by atoms with Crippen LogP contribution in [0.3, 0.4) is 0 Å². The van der Waals surface area contributed by atoms with Gasteiger partial charge in [-0.3, -0.25) is 9.59 Å². The summed E-state index contributed by atoms with van der Waals surface area (Å²) in [6.07, 6.45) is 0.275. The molecule has 5 heteroatoms. The topological polar surface area (TPSA) is 86.2 Å². The molecule has 0 saturated carbocycles. The van der Waals surface area contributed by atoms with Gasteiger partial charge in [0.2, 0.25) is 11.8 Å². The average Bonchev–Trinajstić information content (AvgIpc) is 2.26. The van der Waals surface area contributed by atoms with Crippen molar-refractivity contribution in [3.05, 3.63) is 30.3 Å². The van der Waals surface area contributed by atoms with Crippen molar-refractivity contribution in [3.8, 4) is 0 Å². The average molecular weight is 238 g/mol. The summed E-state index contributed by atoms with van der Waals surface area (Å²) in [5, 5.41) is 0. The van der Waals surface area contributed by atoms with Crippen molar-refractivity contribution >= 4 is 23.6 Å². The fourth-order valence-electron chi connectivity index (χ4n) is 1.33. The molecule has 0 aliphatic heterocycles. The van der Waals surface area contributed by atoms with Crippen LogP contribution in [0, 0.1) is 0 Å². The molecule has 16 heavy (non-hydrogen) atoms. The molecule has 1 aromatic carbocycles. The van der Waals surface area contributed by atoms with Crippen LogP contribution in [0.1, 0.15) is 13.3 Å². The zero-order chi connectivity index (χ0) is 12.2. The lowest BCUT2D eigenvalue weighted by atomic mass is 10.0. The van der Waals surface area contributed by atoms with Crippen LogP contribution in [0.2, 0.25) is 0 Å². The summed E-state index contributed by atoms with van der Waals surface area (Å²) < 4.78 is -1.36. The SMILES string of the molecule is CCC(Sc1ccccc1)(C(N)=O)C(N)=O. The summed E-state index contributed by atoms with van der Waals surface area (Å²) >= 11 is 1.10. The van der Waals surface area contributed by atoms with Gasteiger partial charge >= 0.3 is 0 Å². The highest BCUT2D eigenvalue weighted by molar-refractivity contribution is 8.02. The number of hydrogen-bond donors (Lipinski definition) is 2. The van der Waals surface area contributed by atoms with Crippen LogP contribution in [-0.4, -0.2) is 16.6 Å². The maximum Gasteiger partial charge on any atom is 0.243 e. The minimum absolute atomic E-state index is 0.275. The van der Waals surface area contributed by atoms with Gasteiger partial charge in [-0.2, -0.15) is 0 Å². The van der Waals surface area contributed by atoms with E-state index >= 15 is 0 Å². The Bertz CT molecular complexity index is 378. The third kappa shape index (κ3) is 2.36. The fraction of sp³-hybridized carbons (Fsp3) is 0.273. The summed E-state index contributed by atoms with van der Waals surface area (Å²) in [6.45, 7) is 1.71. The molecule has 0 aliphatic rings. The summed E-state index contributed by atoms with van der Waals surface area (Å²) in [7, 11) is 0. The first-order chi connectivity index (χ1) is 7.53. The second kappa shape index (κ2) is 5.03. The highest BCUT2D eigenvalue weighted by Crippen LogP contribution is 2.35. The monoisotopic (exact) mass is 238 g/mol. The number of amides is 2. The van der Waals surface area contributed by atoms with Crippen molar-refractivity contribution in [2.24, 2.45) is 11.5 Å². The Morgan fingerprint density at radius 1 is 1.19 bits per heavy atom. The molecule has 0 bridgehead atoms. The second-order valence-electron chi connectivity index (χ2n) is 3.32.